The van der Waals surface area contributed by atoms with Gasteiger partial charge < -0.3 is 39.4 Å². The van der Waals surface area contributed by atoms with Crippen molar-refractivity contribution in [3.8, 4) is 0 Å². The van der Waals surface area contributed by atoms with E-state index in [4.69, 9.17) is 29.2 Å². The van der Waals surface area contributed by atoms with Crippen LogP contribution in [0.3, 0.4) is 0 Å². The first-order valence-corrected chi connectivity index (χ1v) is 20.3. The summed E-state index contributed by atoms with van der Waals surface area (Å²) in [5.41, 5.74) is 10.2. The number of benzene rings is 2. The van der Waals surface area contributed by atoms with E-state index >= 15 is 0 Å². The molecule has 64 heavy (non-hydrogen) atoms. The summed E-state index contributed by atoms with van der Waals surface area (Å²) in [6.45, 7) is 11.9. The third-order valence-electron chi connectivity index (χ3n) is 10.9. The Balaban J connectivity index is 1.76. The van der Waals surface area contributed by atoms with Crippen molar-refractivity contribution in [3.05, 3.63) is 98.5 Å². The summed E-state index contributed by atoms with van der Waals surface area (Å²) < 4.78 is 29.4. The Morgan fingerprint density at radius 3 is 2.06 bits per heavy atom. The van der Waals surface area contributed by atoms with Crippen molar-refractivity contribution in [2.75, 3.05) is 18.5 Å². The monoisotopic (exact) mass is 887 g/mol. The second kappa shape index (κ2) is 21.1. The van der Waals surface area contributed by atoms with Crippen LogP contribution in [0.1, 0.15) is 92.4 Å². The van der Waals surface area contributed by atoms with Crippen molar-refractivity contribution >= 4 is 52.9 Å². The van der Waals surface area contributed by atoms with Crippen LogP contribution in [0.5, 0.6) is 0 Å². The fourth-order valence-corrected chi connectivity index (χ4v) is 7.84. The molecule has 0 aromatic heterocycles. The molecule has 19 nitrogen and oxygen atoms in total. The minimum Gasteiger partial charge on any atom is -0.477 e. The van der Waals surface area contributed by atoms with Crippen LogP contribution >= 0.6 is 0 Å². The van der Waals surface area contributed by atoms with Gasteiger partial charge in [0.25, 0.3) is 5.79 Å². The van der Waals surface area contributed by atoms with Gasteiger partial charge in [-0.25, -0.2) is 4.79 Å². The first-order valence-electron chi connectivity index (χ1n) is 20.3. The van der Waals surface area contributed by atoms with Gasteiger partial charge in [-0.1, -0.05) is 68.4 Å². The average molecular weight is 888 g/mol. The molecule has 2 aliphatic rings. The Kier molecular flexibility index (Phi) is 16.5. The number of esters is 3. The van der Waals surface area contributed by atoms with Crippen molar-refractivity contribution in [2.45, 2.75) is 111 Å². The fraction of sp³-hybridized carbons (Fsp3) is 0.467. The van der Waals surface area contributed by atoms with Crippen LogP contribution in [0.15, 0.2) is 82.0 Å². The van der Waals surface area contributed by atoms with Gasteiger partial charge >= 0.3 is 23.9 Å². The third-order valence-corrected chi connectivity index (χ3v) is 10.9. The highest BCUT2D eigenvalue weighted by Gasteiger charge is 2.59. The van der Waals surface area contributed by atoms with E-state index in [1.54, 1.807) is 89.2 Å². The van der Waals surface area contributed by atoms with E-state index in [9.17, 15) is 43.5 Å². The summed E-state index contributed by atoms with van der Waals surface area (Å²) in [7, 11) is 0. The molecule has 7 atom stereocenters. The largest absolute Gasteiger partial charge is 0.477 e. The van der Waals surface area contributed by atoms with Crippen molar-refractivity contribution < 1.29 is 67.1 Å². The standard InChI is InChI=1S/C45H53N5O14/c1-23(22-60-27(5)51)40(62-29(7)53)42-37(49-35(55)21-47-50-46)33(61-28(6)52)19-45(64-42,43(58)59)63-41(30-13-11-10-12-14-30)31-15-17-32(18-16-31)48-34(54)20-44(8,9)36-26(4)38(56)24(2)25(3)39(36)57/h10-18,23,33,37,40-42H,19-22H2,1-9H3,(H,48,54)(H,49,55)(H,58,59)/t23-,33?,37?,40-,41?,42?,45?/m1/s1. The number of hydrogen-bond donors (Lipinski definition) is 3. The van der Waals surface area contributed by atoms with E-state index in [-0.39, 0.29) is 35.7 Å². The van der Waals surface area contributed by atoms with E-state index in [0.717, 1.165) is 20.8 Å². The lowest BCUT2D eigenvalue weighted by molar-refractivity contribution is -0.320. The summed E-state index contributed by atoms with van der Waals surface area (Å²) in [6.07, 6.45) is -6.82. The quantitative estimate of drug-likeness (QED) is 0.0424. The zero-order chi connectivity index (χ0) is 47.7. The summed E-state index contributed by atoms with van der Waals surface area (Å²) in [5.74, 6) is -9.63. The molecule has 2 aromatic rings. The number of ether oxygens (including phenoxy) is 5. The Bertz CT molecular complexity index is 2280. The zero-order valence-corrected chi connectivity index (χ0v) is 37.1. The lowest BCUT2D eigenvalue weighted by Gasteiger charge is -2.49. The predicted molar refractivity (Wildman–Crippen MR) is 227 cm³/mol. The highest BCUT2D eigenvalue weighted by atomic mass is 16.7. The first kappa shape index (κ1) is 50.0. The van der Waals surface area contributed by atoms with E-state index < -0.39 is 96.2 Å². The molecular weight excluding hydrogens is 835 g/mol. The number of carboxylic acid groups (broad SMARTS) is 1. The van der Waals surface area contributed by atoms with Gasteiger partial charge in [0.15, 0.2) is 11.6 Å². The summed E-state index contributed by atoms with van der Waals surface area (Å²) in [4.78, 5) is 106. The van der Waals surface area contributed by atoms with Crippen molar-refractivity contribution in [3.63, 3.8) is 0 Å². The maximum atomic E-state index is 13.6. The Hall–Kier alpha value is -6.69. The summed E-state index contributed by atoms with van der Waals surface area (Å²) in [6, 6.07) is 13.2. The molecular formula is C45H53N5O14. The molecule has 1 fully saturated rings. The molecule has 0 bridgehead atoms. The third kappa shape index (κ3) is 12.1. The molecule has 5 unspecified atom stereocenters. The number of amides is 2. The lowest BCUT2D eigenvalue weighted by Crippen LogP contribution is -2.68. The minimum absolute atomic E-state index is 0.146. The molecule has 0 spiro atoms. The number of nitrogens with one attached hydrogen (secondary N) is 2. The smallest absolute Gasteiger partial charge is 0.364 e. The van der Waals surface area contributed by atoms with Crippen molar-refractivity contribution in [1.82, 2.24) is 5.32 Å². The van der Waals surface area contributed by atoms with Crippen molar-refractivity contribution in [1.29, 1.82) is 0 Å². The zero-order valence-electron chi connectivity index (χ0n) is 37.1. The normalized spacial score (nSPS) is 21.4. The minimum atomic E-state index is -2.72. The molecule has 342 valence electrons. The topological polar surface area (TPSA) is 276 Å². The number of nitrogens with zero attached hydrogens (tertiary/aromatic N) is 3. The number of carbonyl (C=O) groups is 8. The van der Waals surface area contributed by atoms with Crippen LogP contribution in [-0.4, -0.2) is 95.7 Å². The number of rotatable bonds is 18. The highest BCUT2D eigenvalue weighted by molar-refractivity contribution is 6.25. The molecule has 0 radical (unpaired) electrons. The van der Waals surface area contributed by atoms with Gasteiger partial charge in [0.05, 0.1) is 19.1 Å². The van der Waals surface area contributed by atoms with Gasteiger partial charge in [-0.05, 0) is 49.6 Å². The number of hydrogen-bond acceptors (Lipinski definition) is 14. The van der Waals surface area contributed by atoms with Crippen LogP contribution in [0.4, 0.5) is 5.69 Å². The highest BCUT2D eigenvalue weighted by Crippen LogP contribution is 2.42. The number of Topliss-reactive ketones (excluding diaryl/α,β-unsaturated/α-hetero) is 2. The molecule has 2 amide bonds. The lowest BCUT2D eigenvalue weighted by atomic mass is 9.71. The molecule has 0 saturated carbocycles. The Labute approximate surface area is 369 Å². The van der Waals surface area contributed by atoms with E-state index in [1.165, 1.54) is 6.92 Å². The van der Waals surface area contributed by atoms with Gasteiger partial charge in [0.1, 0.15) is 31.0 Å². The molecule has 1 aliphatic carbocycles. The van der Waals surface area contributed by atoms with Gasteiger partial charge in [-0.3, -0.25) is 33.6 Å². The fourth-order valence-electron chi connectivity index (χ4n) is 7.84. The molecule has 1 aliphatic heterocycles. The van der Waals surface area contributed by atoms with Gasteiger partial charge in [0, 0.05) is 71.4 Å². The summed E-state index contributed by atoms with van der Waals surface area (Å²) in [5, 5.41) is 19.7. The van der Waals surface area contributed by atoms with Crippen LogP contribution < -0.4 is 10.6 Å². The molecule has 1 saturated heterocycles. The van der Waals surface area contributed by atoms with E-state index in [0.29, 0.717) is 28.0 Å². The summed E-state index contributed by atoms with van der Waals surface area (Å²) >= 11 is 0. The van der Waals surface area contributed by atoms with Crippen LogP contribution in [-0.2, 0) is 62.0 Å². The Morgan fingerprint density at radius 2 is 1.50 bits per heavy atom. The number of ketones is 2. The Morgan fingerprint density at radius 1 is 0.891 bits per heavy atom. The number of carboxylic acids is 1. The predicted octanol–water partition coefficient (Wildman–Crippen LogP) is 5.38. The molecule has 3 N–H and O–H groups in total. The van der Waals surface area contributed by atoms with Gasteiger partial charge in [-0.15, -0.1) is 0 Å². The van der Waals surface area contributed by atoms with Gasteiger partial charge in [-0.2, -0.15) is 0 Å². The molecule has 1 heterocycles. The average Bonchev–Trinajstić information content (AvgIpc) is 3.22. The van der Waals surface area contributed by atoms with E-state index in [2.05, 4.69) is 20.7 Å². The molecule has 19 heteroatoms. The van der Waals surface area contributed by atoms with Crippen LogP contribution in [0.2, 0.25) is 0 Å². The maximum Gasteiger partial charge on any atom is 0.364 e. The number of carbonyl (C=O) groups excluding carboxylic acids is 7. The maximum absolute atomic E-state index is 13.6. The number of aliphatic carboxylic acids is 1. The van der Waals surface area contributed by atoms with E-state index in [1.807, 2.05) is 0 Å². The molecule has 4 rings (SSSR count). The number of azide groups is 1. The van der Waals surface area contributed by atoms with Crippen LogP contribution in [0, 0.1) is 11.3 Å². The second-order valence-electron chi connectivity index (χ2n) is 16.4. The van der Waals surface area contributed by atoms with Crippen LogP contribution in [0.25, 0.3) is 10.4 Å². The molecule has 2 aromatic carbocycles. The second-order valence-corrected chi connectivity index (χ2v) is 16.4. The first-order chi connectivity index (χ1) is 30.0. The van der Waals surface area contributed by atoms with Gasteiger partial charge in [0.2, 0.25) is 11.8 Å². The number of allylic oxidation sites excluding steroid dienone is 4. The SMILES string of the molecule is CC(=O)OC[C@@H](C)[C@@H](OC(C)=O)C1OC(OC(c2ccccc2)c2ccc(NC(=O)CC(C)(C)C3=C(C)C(=O)C(C)=C(C)C3=O)cc2)(C(=O)O)CC(OC(C)=O)C1NC(=O)CN=[N+]=[N-]. The number of anilines is 1. The van der Waals surface area contributed by atoms with Crippen molar-refractivity contribution in [2.24, 2.45) is 16.4 Å².